The van der Waals surface area contributed by atoms with Gasteiger partial charge in [-0.2, -0.15) is 0 Å². The number of nitrogens with one attached hydrogen (secondary N) is 1. The summed E-state index contributed by atoms with van der Waals surface area (Å²) in [5.41, 5.74) is 1.81. The molecule has 0 aliphatic heterocycles. The molecule has 0 spiro atoms. The van der Waals surface area contributed by atoms with Crippen molar-refractivity contribution in [2.75, 3.05) is 13.1 Å². The molecule has 0 saturated carbocycles. The van der Waals surface area contributed by atoms with E-state index in [1.165, 1.54) is 18.4 Å². The number of hydrogen-bond acceptors (Lipinski definition) is 1. The maximum Gasteiger partial charge on any atom is -0.00123 e. The molecule has 0 saturated heterocycles. The Morgan fingerprint density at radius 3 is 2.29 bits per heavy atom. The van der Waals surface area contributed by atoms with E-state index in [0.29, 0.717) is 11.3 Å². The fourth-order valence-electron chi connectivity index (χ4n) is 2.04. The van der Waals surface area contributed by atoms with Crippen LogP contribution >= 0.6 is 0 Å². The first-order valence-electron chi connectivity index (χ1n) is 6.78. The predicted molar refractivity (Wildman–Crippen MR) is 76.3 cm³/mol. The Hall–Kier alpha value is -0.820. The first-order valence-corrected chi connectivity index (χ1v) is 6.78. The lowest BCUT2D eigenvalue weighted by molar-refractivity contribution is 0.231. The van der Waals surface area contributed by atoms with Crippen LogP contribution < -0.4 is 5.32 Å². The molecule has 1 N–H and O–H groups in total. The zero-order valence-corrected chi connectivity index (χ0v) is 11.8. The molecule has 0 amide bonds. The van der Waals surface area contributed by atoms with Crippen LogP contribution in [-0.2, 0) is 6.42 Å². The van der Waals surface area contributed by atoms with Crippen LogP contribution in [0.3, 0.4) is 0 Å². The van der Waals surface area contributed by atoms with Gasteiger partial charge in [-0.15, -0.1) is 0 Å². The van der Waals surface area contributed by atoms with E-state index in [-0.39, 0.29) is 0 Å². The average Bonchev–Trinajstić information content (AvgIpc) is 2.28. The van der Waals surface area contributed by atoms with Crippen molar-refractivity contribution in [3.63, 3.8) is 0 Å². The van der Waals surface area contributed by atoms with Gasteiger partial charge >= 0.3 is 0 Å². The van der Waals surface area contributed by atoms with E-state index < -0.39 is 0 Å². The van der Waals surface area contributed by atoms with Gasteiger partial charge in [0, 0.05) is 0 Å². The van der Waals surface area contributed by atoms with Crippen molar-refractivity contribution in [2.24, 2.45) is 11.3 Å². The molecule has 0 aliphatic carbocycles. The highest BCUT2D eigenvalue weighted by atomic mass is 14.9. The maximum atomic E-state index is 3.56. The van der Waals surface area contributed by atoms with Crippen LogP contribution in [0.5, 0.6) is 0 Å². The van der Waals surface area contributed by atoms with Crippen LogP contribution in [0, 0.1) is 11.3 Å². The molecule has 17 heavy (non-hydrogen) atoms. The van der Waals surface area contributed by atoms with Crippen molar-refractivity contribution >= 4 is 0 Å². The van der Waals surface area contributed by atoms with Gasteiger partial charge in [-0.1, -0.05) is 58.0 Å². The van der Waals surface area contributed by atoms with Gasteiger partial charge in [0.1, 0.15) is 0 Å². The fraction of sp³-hybridized carbons (Fsp3) is 0.625. The van der Waals surface area contributed by atoms with Crippen molar-refractivity contribution in [3.8, 4) is 0 Å². The normalized spacial score (nSPS) is 13.6. The molecule has 96 valence electrons. The van der Waals surface area contributed by atoms with E-state index in [4.69, 9.17) is 0 Å². The van der Waals surface area contributed by atoms with Crippen LogP contribution in [0.15, 0.2) is 30.3 Å². The van der Waals surface area contributed by atoms with Crippen molar-refractivity contribution in [1.82, 2.24) is 5.32 Å². The molecule has 0 aliphatic rings. The molecule has 0 bridgehead atoms. The summed E-state index contributed by atoms with van der Waals surface area (Å²) in [7, 11) is 0. The van der Waals surface area contributed by atoms with Gasteiger partial charge in [-0.25, -0.2) is 0 Å². The molecule has 0 aromatic heterocycles. The highest BCUT2D eigenvalue weighted by Gasteiger charge is 2.24. The molecular formula is C16H27N. The largest absolute Gasteiger partial charge is 0.316 e. The van der Waals surface area contributed by atoms with E-state index in [2.05, 4.69) is 63.3 Å². The third-order valence-corrected chi connectivity index (χ3v) is 3.37. The Bertz CT molecular complexity index is 297. The van der Waals surface area contributed by atoms with Gasteiger partial charge in [-0.3, -0.25) is 0 Å². The lowest BCUT2D eigenvalue weighted by atomic mass is 9.77. The zero-order valence-electron chi connectivity index (χ0n) is 11.8. The third kappa shape index (κ3) is 5.36. The van der Waals surface area contributed by atoms with E-state index in [0.717, 1.165) is 13.1 Å². The maximum absolute atomic E-state index is 3.56. The highest BCUT2D eigenvalue weighted by molar-refractivity contribution is 5.15. The molecule has 1 aromatic rings. The minimum atomic E-state index is 0.358. The summed E-state index contributed by atoms with van der Waals surface area (Å²) in [6.07, 6.45) is 2.38. The summed E-state index contributed by atoms with van der Waals surface area (Å²) >= 11 is 0. The Morgan fingerprint density at radius 1 is 1.12 bits per heavy atom. The van der Waals surface area contributed by atoms with Crippen molar-refractivity contribution < 1.29 is 0 Å². The summed E-state index contributed by atoms with van der Waals surface area (Å²) in [6, 6.07) is 10.8. The van der Waals surface area contributed by atoms with Gasteiger partial charge in [0.2, 0.25) is 0 Å². The highest BCUT2D eigenvalue weighted by Crippen LogP contribution is 2.28. The van der Waals surface area contributed by atoms with Crippen molar-refractivity contribution in [2.45, 2.75) is 40.5 Å². The van der Waals surface area contributed by atoms with E-state index in [9.17, 15) is 0 Å². The second-order valence-corrected chi connectivity index (χ2v) is 5.96. The summed E-state index contributed by atoms with van der Waals surface area (Å²) in [5.74, 6) is 0.691. The van der Waals surface area contributed by atoms with Crippen LogP contribution in [0.1, 0.15) is 39.7 Å². The van der Waals surface area contributed by atoms with Gasteiger partial charge < -0.3 is 5.32 Å². The zero-order chi connectivity index (χ0) is 12.7. The lowest BCUT2D eigenvalue weighted by Crippen LogP contribution is -2.33. The van der Waals surface area contributed by atoms with Crippen molar-refractivity contribution in [1.29, 1.82) is 0 Å². The van der Waals surface area contributed by atoms with Crippen LogP contribution in [0.25, 0.3) is 0 Å². The lowest BCUT2D eigenvalue weighted by Gasteiger charge is -2.31. The standard InChI is InChI=1S/C16H27N/c1-5-11-17-13-15(16(2,3)4)12-14-9-7-6-8-10-14/h6-10,15,17H,5,11-13H2,1-4H3. The summed E-state index contributed by atoms with van der Waals surface area (Å²) in [5, 5.41) is 3.56. The molecule has 1 aromatic carbocycles. The number of benzene rings is 1. The summed E-state index contributed by atoms with van der Waals surface area (Å²) < 4.78 is 0. The number of hydrogen-bond donors (Lipinski definition) is 1. The molecule has 0 fully saturated rings. The van der Waals surface area contributed by atoms with Crippen LogP contribution in [0.2, 0.25) is 0 Å². The van der Waals surface area contributed by atoms with E-state index >= 15 is 0 Å². The van der Waals surface area contributed by atoms with Crippen molar-refractivity contribution in [3.05, 3.63) is 35.9 Å². The Balaban J connectivity index is 2.58. The third-order valence-electron chi connectivity index (χ3n) is 3.37. The van der Waals surface area contributed by atoms with E-state index in [1.807, 2.05) is 0 Å². The smallest absolute Gasteiger partial charge is 0.00123 e. The SMILES string of the molecule is CCCNCC(Cc1ccccc1)C(C)(C)C. The predicted octanol–water partition coefficient (Wildman–Crippen LogP) is 3.89. The quantitative estimate of drug-likeness (QED) is 0.735. The van der Waals surface area contributed by atoms with Crippen LogP contribution in [-0.4, -0.2) is 13.1 Å². The Kier molecular flexibility index (Phi) is 5.70. The Labute approximate surface area is 107 Å². The molecular weight excluding hydrogens is 206 g/mol. The molecule has 1 unspecified atom stereocenters. The fourth-order valence-corrected chi connectivity index (χ4v) is 2.04. The molecule has 0 heterocycles. The summed E-state index contributed by atoms with van der Waals surface area (Å²) in [6.45, 7) is 11.5. The second kappa shape index (κ2) is 6.80. The first kappa shape index (κ1) is 14.2. The topological polar surface area (TPSA) is 12.0 Å². The second-order valence-electron chi connectivity index (χ2n) is 5.96. The Morgan fingerprint density at radius 2 is 1.76 bits per heavy atom. The van der Waals surface area contributed by atoms with Gasteiger partial charge in [-0.05, 0) is 42.8 Å². The molecule has 0 radical (unpaired) electrons. The van der Waals surface area contributed by atoms with Crippen LogP contribution in [0.4, 0.5) is 0 Å². The summed E-state index contributed by atoms with van der Waals surface area (Å²) in [4.78, 5) is 0. The molecule has 1 rings (SSSR count). The minimum Gasteiger partial charge on any atom is -0.316 e. The molecule has 1 atom stereocenters. The first-order chi connectivity index (χ1) is 8.04. The van der Waals surface area contributed by atoms with E-state index in [1.54, 1.807) is 0 Å². The van der Waals surface area contributed by atoms with Gasteiger partial charge in [0.25, 0.3) is 0 Å². The number of rotatable bonds is 6. The molecule has 1 nitrogen and oxygen atoms in total. The monoisotopic (exact) mass is 233 g/mol. The molecule has 1 heteroatoms. The van der Waals surface area contributed by atoms with Gasteiger partial charge in [0.15, 0.2) is 0 Å². The minimum absolute atomic E-state index is 0.358. The van der Waals surface area contributed by atoms with Gasteiger partial charge in [0.05, 0.1) is 0 Å². The average molecular weight is 233 g/mol.